The van der Waals surface area contributed by atoms with Crippen molar-refractivity contribution in [2.75, 3.05) is 7.11 Å². The van der Waals surface area contributed by atoms with Gasteiger partial charge in [-0.3, -0.25) is 4.79 Å². The maximum Gasteiger partial charge on any atom is 0.573 e. The van der Waals surface area contributed by atoms with E-state index in [-0.39, 0.29) is 29.1 Å². The Morgan fingerprint density at radius 2 is 1.79 bits per heavy atom. The van der Waals surface area contributed by atoms with Crippen LogP contribution in [0, 0.1) is 11.3 Å². The van der Waals surface area contributed by atoms with Crippen molar-refractivity contribution in [1.82, 2.24) is 5.32 Å². The number of hydrogen-bond donors (Lipinski definition) is 1. The van der Waals surface area contributed by atoms with Crippen LogP contribution in [0.1, 0.15) is 26.3 Å². The van der Waals surface area contributed by atoms with Crippen LogP contribution in [-0.4, -0.2) is 36.6 Å². The molecule has 1 amide bonds. The van der Waals surface area contributed by atoms with Crippen molar-refractivity contribution in [3.63, 3.8) is 0 Å². The molecule has 0 radical (unpaired) electrons. The van der Waals surface area contributed by atoms with E-state index in [1.807, 2.05) is 38.3 Å². The van der Waals surface area contributed by atoms with Crippen LogP contribution >= 0.6 is 11.8 Å². The number of nitrogens with one attached hydrogen (secondary N) is 1. The van der Waals surface area contributed by atoms with Gasteiger partial charge in [-0.05, 0) is 34.6 Å². The van der Waals surface area contributed by atoms with Gasteiger partial charge in [0, 0.05) is 5.25 Å². The van der Waals surface area contributed by atoms with Crippen LogP contribution in [0.15, 0.2) is 59.2 Å². The maximum atomic E-state index is 13.2. The van der Waals surface area contributed by atoms with Gasteiger partial charge in [0.05, 0.1) is 18.6 Å². The monoisotopic (exact) mass is 497 g/mol. The summed E-state index contributed by atoms with van der Waals surface area (Å²) in [5.41, 5.74) is 0.294. The van der Waals surface area contributed by atoms with Gasteiger partial charge < -0.3 is 19.5 Å². The summed E-state index contributed by atoms with van der Waals surface area (Å²) in [7, 11) is 1.26. The number of amides is 1. The highest BCUT2D eigenvalue weighted by atomic mass is 32.2. The number of halogens is 3. The summed E-state index contributed by atoms with van der Waals surface area (Å²) in [5, 5.41) is 4.75. The van der Waals surface area contributed by atoms with Gasteiger partial charge in [0.2, 0.25) is 0 Å². The number of rotatable bonds is 7. The van der Waals surface area contributed by atoms with E-state index in [0.29, 0.717) is 11.3 Å². The molecule has 184 valence electrons. The minimum atomic E-state index is -4.77. The maximum absolute atomic E-state index is 13.2. The van der Waals surface area contributed by atoms with E-state index < -0.39 is 29.7 Å². The van der Waals surface area contributed by atoms with Crippen LogP contribution in [0.25, 0.3) is 0 Å². The minimum absolute atomic E-state index is 0.0354. The predicted molar refractivity (Wildman–Crippen MR) is 121 cm³/mol. The molecule has 1 aliphatic heterocycles. The number of hydrogen-bond acceptors (Lipinski definition) is 6. The average Bonchev–Trinajstić information content (AvgIpc) is 3.23. The van der Waals surface area contributed by atoms with Crippen LogP contribution in [0.4, 0.5) is 13.2 Å². The summed E-state index contributed by atoms with van der Waals surface area (Å²) >= 11 is 1.59. The Hall–Kier alpha value is -2.88. The van der Waals surface area contributed by atoms with Crippen LogP contribution in [-0.2, 0) is 25.7 Å². The third kappa shape index (κ3) is 6.37. The lowest BCUT2D eigenvalue weighted by Gasteiger charge is -2.31. The van der Waals surface area contributed by atoms with Gasteiger partial charge in [0.25, 0.3) is 5.91 Å². The predicted octanol–water partition coefficient (Wildman–Crippen LogP) is 4.87. The first-order chi connectivity index (χ1) is 15.9. The fourth-order valence-electron chi connectivity index (χ4n) is 3.53. The van der Waals surface area contributed by atoms with Crippen LogP contribution in [0.3, 0.4) is 0 Å². The molecule has 1 aliphatic carbocycles. The van der Waals surface area contributed by atoms with Gasteiger partial charge in [-0.1, -0.05) is 45.1 Å². The summed E-state index contributed by atoms with van der Waals surface area (Å²) in [6, 6.07) is 4.45. The molecule has 0 saturated heterocycles. The highest BCUT2D eigenvalue weighted by Crippen LogP contribution is 2.41. The van der Waals surface area contributed by atoms with Crippen LogP contribution in [0.2, 0.25) is 0 Å². The Bertz CT molecular complexity index is 1010. The molecule has 34 heavy (non-hydrogen) atoms. The fraction of sp³-hybridized carbons (Fsp3) is 0.417. The number of thioether (sulfide) groups is 1. The summed E-state index contributed by atoms with van der Waals surface area (Å²) in [4.78, 5) is 25.5. The first-order valence-electron chi connectivity index (χ1n) is 10.5. The number of carbonyl (C=O) groups excluding carboxylic acids is 2. The molecule has 0 saturated carbocycles. The number of fused-ring (bicyclic) bond motifs is 1. The molecule has 1 aromatic carbocycles. The number of carbonyl (C=O) groups is 2. The van der Waals surface area contributed by atoms with Crippen LogP contribution in [0.5, 0.6) is 5.75 Å². The summed E-state index contributed by atoms with van der Waals surface area (Å²) in [6.07, 6.45) is 0.743. The van der Waals surface area contributed by atoms with Crippen LogP contribution < -0.4 is 10.1 Å². The van der Waals surface area contributed by atoms with E-state index in [1.165, 1.54) is 31.4 Å². The summed E-state index contributed by atoms with van der Waals surface area (Å²) in [5.74, 6) is -1.12. The van der Waals surface area contributed by atoms with Gasteiger partial charge in [-0.2, -0.15) is 0 Å². The first-order valence-corrected chi connectivity index (χ1v) is 11.4. The zero-order valence-corrected chi connectivity index (χ0v) is 20.0. The lowest BCUT2D eigenvalue weighted by Crippen LogP contribution is -2.50. The summed E-state index contributed by atoms with van der Waals surface area (Å²) < 4.78 is 51.9. The standard InChI is InChI=1S/C24H26F3NO5S/c1-23(2,3)20(22(30)31-4)28-21(29)17-9-10-18-16(11-12-34-18)19(17)32-13-14-5-7-15(8-6-14)33-24(25,26)27/h5-12,16,18,20H,13H2,1-4H3,(H,28,29)/t16?,18?,20-/m1/s1. The lowest BCUT2D eigenvalue weighted by molar-refractivity contribution is -0.274. The fourth-order valence-corrected chi connectivity index (χ4v) is 4.53. The Balaban J connectivity index is 1.81. The zero-order valence-electron chi connectivity index (χ0n) is 19.1. The minimum Gasteiger partial charge on any atom is -0.492 e. The highest BCUT2D eigenvalue weighted by Gasteiger charge is 2.38. The molecular weight excluding hydrogens is 471 g/mol. The van der Waals surface area contributed by atoms with Crippen molar-refractivity contribution in [3.8, 4) is 5.75 Å². The van der Waals surface area contributed by atoms with Crippen molar-refractivity contribution in [3.05, 3.63) is 64.8 Å². The van der Waals surface area contributed by atoms with Crippen molar-refractivity contribution in [2.24, 2.45) is 11.3 Å². The molecule has 1 N–H and O–H groups in total. The normalized spacial score (nSPS) is 20.6. The molecule has 1 heterocycles. The van der Waals surface area contributed by atoms with Crippen molar-refractivity contribution in [2.45, 2.75) is 45.0 Å². The van der Waals surface area contributed by atoms with Gasteiger partial charge in [0.1, 0.15) is 24.2 Å². The topological polar surface area (TPSA) is 73.9 Å². The second kappa shape index (κ2) is 10.2. The lowest BCUT2D eigenvalue weighted by atomic mass is 9.86. The highest BCUT2D eigenvalue weighted by molar-refractivity contribution is 8.03. The van der Waals surface area contributed by atoms with Crippen molar-refractivity contribution < 1.29 is 37.0 Å². The van der Waals surface area contributed by atoms with E-state index in [9.17, 15) is 22.8 Å². The zero-order chi connectivity index (χ0) is 25.1. The SMILES string of the molecule is COC(=O)[C@@H](NC(=O)C1=C(OCc2ccc(OC(F)(F)F)cc2)C2C=CSC2C=C1)C(C)(C)C. The molecule has 0 spiro atoms. The first kappa shape index (κ1) is 25.7. The summed E-state index contributed by atoms with van der Waals surface area (Å²) in [6.45, 7) is 5.48. The number of esters is 1. The van der Waals surface area contributed by atoms with Gasteiger partial charge in [-0.25, -0.2) is 4.79 Å². The third-order valence-corrected chi connectivity index (χ3v) is 6.35. The molecule has 3 atom stereocenters. The molecule has 10 heteroatoms. The Labute approximate surface area is 200 Å². The molecule has 1 aromatic rings. The number of benzene rings is 1. The van der Waals surface area contributed by atoms with E-state index in [0.717, 1.165) is 0 Å². The molecule has 6 nitrogen and oxygen atoms in total. The molecular formula is C24H26F3NO5S. The smallest absolute Gasteiger partial charge is 0.492 e. The number of allylic oxidation sites excluding steroid dienone is 1. The Kier molecular flexibility index (Phi) is 7.70. The largest absolute Gasteiger partial charge is 0.573 e. The van der Waals surface area contributed by atoms with E-state index in [4.69, 9.17) is 9.47 Å². The molecule has 0 fully saturated rings. The second-order valence-electron chi connectivity index (χ2n) is 8.87. The quantitative estimate of drug-likeness (QED) is 0.542. The van der Waals surface area contributed by atoms with Crippen molar-refractivity contribution in [1.29, 1.82) is 0 Å². The average molecular weight is 498 g/mol. The van der Waals surface area contributed by atoms with Gasteiger partial charge >= 0.3 is 12.3 Å². The molecule has 0 bridgehead atoms. The molecule has 2 aliphatic rings. The third-order valence-electron chi connectivity index (χ3n) is 5.27. The van der Waals surface area contributed by atoms with Crippen molar-refractivity contribution >= 4 is 23.6 Å². The molecule has 0 aromatic heterocycles. The Morgan fingerprint density at radius 3 is 2.38 bits per heavy atom. The number of ether oxygens (including phenoxy) is 3. The number of methoxy groups -OCH3 is 1. The molecule has 3 rings (SSSR count). The van der Waals surface area contributed by atoms with Gasteiger partial charge in [-0.15, -0.1) is 24.9 Å². The second-order valence-corrected chi connectivity index (χ2v) is 9.96. The Morgan fingerprint density at radius 1 is 1.12 bits per heavy atom. The molecule has 2 unspecified atom stereocenters. The number of alkyl halides is 3. The van der Waals surface area contributed by atoms with Gasteiger partial charge in [0.15, 0.2) is 0 Å². The van der Waals surface area contributed by atoms with E-state index >= 15 is 0 Å². The van der Waals surface area contributed by atoms with E-state index in [2.05, 4.69) is 10.1 Å². The van der Waals surface area contributed by atoms with E-state index in [1.54, 1.807) is 17.8 Å².